The Balaban J connectivity index is 2.22. The van der Waals surface area contributed by atoms with Crippen molar-refractivity contribution in [1.29, 1.82) is 0 Å². The molecule has 0 atom stereocenters. The molecule has 0 bridgehead atoms. The van der Waals surface area contributed by atoms with Gasteiger partial charge >= 0.3 is 0 Å². The minimum absolute atomic E-state index is 0.0927. The molecular formula is C12H15N5O2. The van der Waals surface area contributed by atoms with Crippen molar-refractivity contribution in [3.05, 3.63) is 23.3 Å². The number of hydrogen-bond acceptors (Lipinski definition) is 5. The van der Waals surface area contributed by atoms with E-state index in [0.717, 1.165) is 11.1 Å². The summed E-state index contributed by atoms with van der Waals surface area (Å²) in [7, 11) is 0. The fourth-order valence-corrected chi connectivity index (χ4v) is 2.33. The Kier molecular flexibility index (Phi) is 2.55. The van der Waals surface area contributed by atoms with Crippen molar-refractivity contribution >= 4 is 5.91 Å². The summed E-state index contributed by atoms with van der Waals surface area (Å²) < 4.78 is 7.20. The van der Waals surface area contributed by atoms with Crippen LogP contribution in [-0.4, -0.2) is 27.4 Å². The highest BCUT2D eigenvalue weighted by atomic mass is 16.4. The molecule has 1 amide bonds. The lowest BCUT2D eigenvalue weighted by Crippen LogP contribution is -2.41. The molecule has 0 saturated heterocycles. The summed E-state index contributed by atoms with van der Waals surface area (Å²) in [6, 6.07) is 0. The molecule has 3 rings (SSSR count). The third-order valence-electron chi connectivity index (χ3n) is 3.09. The van der Waals surface area contributed by atoms with Crippen LogP contribution in [0.4, 0.5) is 0 Å². The van der Waals surface area contributed by atoms with Gasteiger partial charge in [0.25, 0.3) is 5.91 Å². The molecule has 2 aromatic heterocycles. The standard InChI is InChI=1S/C12H15N5O2/c1-6(2)9-8(12-16-15-7(3)19-12)4-17-10(9)11(18)13-5-14-17/h4,6,14H,5H2,1-3H3,(H,13,18). The van der Waals surface area contributed by atoms with Crippen LogP contribution in [-0.2, 0) is 0 Å². The Labute approximate surface area is 110 Å². The maximum absolute atomic E-state index is 12.0. The molecule has 0 aliphatic carbocycles. The van der Waals surface area contributed by atoms with Crippen LogP contribution in [0.15, 0.2) is 10.6 Å². The van der Waals surface area contributed by atoms with Crippen LogP contribution in [0, 0.1) is 6.92 Å². The van der Waals surface area contributed by atoms with Crippen LogP contribution in [0.5, 0.6) is 0 Å². The van der Waals surface area contributed by atoms with E-state index in [-0.39, 0.29) is 11.8 Å². The summed E-state index contributed by atoms with van der Waals surface area (Å²) in [5, 5.41) is 10.6. The van der Waals surface area contributed by atoms with E-state index in [0.29, 0.717) is 24.1 Å². The van der Waals surface area contributed by atoms with Gasteiger partial charge in [0.1, 0.15) is 12.4 Å². The Hall–Kier alpha value is -2.31. The van der Waals surface area contributed by atoms with Crippen molar-refractivity contribution in [3.63, 3.8) is 0 Å². The molecule has 2 N–H and O–H groups in total. The van der Waals surface area contributed by atoms with E-state index in [1.807, 2.05) is 20.0 Å². The molecule has 19 heavy (non-hydrogen) atoms. The first kappa shape index (κ1) is 11.8. The Morgan fingerprint density at radius 2 is 2.21 bits per heavy atom. The lowest BCUT2D eigenvalue weighted by Gasteiger charge is -2.19. The van der Waals surface area contributed by atoms with E-state index in [2.05, 4.69) is 20.9 Å². The zero-order valence-electron chi connectivity index (χ0n) is 11.0. The number of fused-ring (bicyclic) bond motifs is 1. The minimum Gasteiger partial charge on any atom is -0.421 e. The summed E-state index contributed by atoms with van der Waals surface area (Å²) in [6.45, 7) is 6.21. The highest BCUT2D eigenvalue weighted by Crippen LogP contribution is 2.33. The van der Waals surface area contributed by atoms with Gasteiger partial charge in [0.15, 0.2) is 0 Å². The van der Waals surface area contributed by atoms with E-state index in [4.69, 9.17) is 4.42 Å². The molecule has 7 nitrogen and oxygen atoms in total. The first-order valence-corrected chi connectivity index (χ1v) is 6.15. The zero-order chi connectivity index (χ0) is 13.6. The van der Waals surface area contributed by atoms with E-state index in [1.165, 1.54) is 0 Å². The normalized spacial score (nSPS) is 14.2. The first-order valence-electron chi connectivity index (χ1n) is 6.15. The zero-order valence-corrected chi connectivity index (χ0v) is 11.0. The van der Waals surface area contributed by atoms with Crippen molar-refractivity contribution in [2.45, 2.75) is 26.7 Å². The van der Waals surface area contributed by atoms with Gasteiger partial charge in [-0.2, -0.15) is 0 Å². The third-order valence-corrected chi connectivity index (χ3v) is 3.09. The second-order valence-corrected chi connectivity index (χ2v) is 4.80. The van der Waals surface area contributed by atoms with Crippen LogP contribution in [0.3, 0.4) is 0 Å². The summed E-state index contributed by atoms with van der Waals surface area (Å²) >= 11 is 0. The largest absolute Gasteiger partial charge is 0.421 e. The fraction of sp³-hybridized carbons (Fsp3) is 0.417. The molecule has 0 unspecified atom stereocenters. The number of aromatic nitrogens is 3. The molecule has 7 heteroatoms. The van der Waals surface area contributed by atoms with Gasteiger partial charge in [-0.05, 0) is 5.92 Å². The number of nitrogens with zero attached hydrogens (tertiary/aromatic N) is 3. The molecule has 0 fully saturated rings. The monoisotopic (exact) mass is 261 g/mol. The number of rotatable bonds is 2. The third kappa shape index (κ3) is 1.78. The van der Waals surface area contributed by atoms with Gasteiger partial charge in [-0.25, -0.2) is 0 Å². The van der Waals surface area contributed by atoms with Gasteiger partial charge in [0, 0.05) is 18.7 Å². The quantitative estimate of drug-likeness (QED) is 0.848. The molecule has 1 aliphatic heterocycles. The highest BCUT2D eigenvalue weighted by Gasteiger charge is 2.28. The molecule has 0 spiro atoms. The van der Waals surface area contributed by atoms with Crippen molar-refractivity contribution < 1.29 is 9.21 Å². The predicted molar refractivity (Wildman–Crippen MR) is 68.2 cm³/mol. The van der Waals surface area contributed by atoms with Crippen molar-refractivity contribution in [2.24, 2.45) is 0 Å². The van der Waals surface area contributed by atoms with Gasteiger partial charge in [-0.15, -0.1) is 10.2 Å². The number of hydrogen-bond donors (Lipinski definition) is 2. The lowest BCUT2D eigenvalue weighted by atomic mass is 9.98. The predicted octanol–water partition coefficient (Wildman–Crippen LogP) is 1.21. The van der Waals surface area contributed by atoms with E-state index in [9.17, 15) is 4.79 Å². The lowest BCUT2D eigenvalue weighted by molar-refractivity contribution is 0.0935. The molecule has 3 heterocycles. The first-order chi connectivity index (χ1) is 9.08. The number of carbonyl (C=O) groups excluding carboxylic acids is 1. The highest BCUT2D eigenvalue weighted by molar-refractivity contribution is 5.97. The molecule has 100 valence electrons. The second kappa shape index (κ2) is 4.11. The van der Waals surface area contributed by atoms with E-state index in [1.54, 1.807) is 11.6 Å². The SMILES string of the molecule is Cc1nnc(-c2cn3c(c2C(C)C)C(=O)NCN3)o1. The molecular weight excluding hydrogens is 246 g/mol. The van der Waals surface area contributed by atoms with Crippen LogP contribution in [0.1, 0.15) is 41.7 Å². The molecule has 0 aromatic carbocycles. The van der Waals surface area contributed by atoms with Crippen LogP contribution >= 0.6 is 0 Å². The second-order valence-electron chi connectivity index (χ2n) is 4.80. The van der Waals surface area contributed by atoms with E-state index < -0.39 is 0 Å². The van der Waals surface area contributed by atoms with Crippen LogP contribution in [0.25, 0.3) is 11.5 Å². The maximum Gasteiger partial charge on any atom is 0.271 e. The Morgan fingerprint density at radius 3 is 2.84 bits per heavy atom. The summed E-state index contributed by atoms with van der Waals surface area (Å²) in [4.78, 5) is 12.0. The summed E-state index contributed by atoms with van der Waals surface area (Å²) in [6.07, 6.45) is 1.83. The average Bonchev–Trinajstić information content (AvgIpc) is 2.92. The van der Waals surface area contributed by atoms with Gasteiger partial charge in [-0.1, -0.05) is 13.8 Å². The Morgan fingerprint density at radius 1 is 1.42 bits per heavy atom. The van der Waals surface area contributed by atoms with Gasteiger partial charge < -0.3 is 15.2 Å². The molecule has 1 aliphatic rings. The maximum atomic E-state index is 12.0. The summed E-state index contributed by atoms with van der Waals surface area (Å²) in [5.41, 5.74) is 5.40. The molecule has 2 aromatic rings. The van der Waals surface area contributed by atoms with Gasteiger partial charge in [-0.3, -0.25) is 9.47 Å². The van der Waals surface area contributed by atoms with Crippen molar-refractivity contribution in [3.8, 4) is 11.5 Å². The van der Waals surface area contributed by atoms with Gasteiger partial charge in [0.2, 0.25) is 11.8 Å². The van der Waals surface area contributed by atoms with Gasteiger partial charge in [0.05, 0.1) is 5.56 Å². The average molecular weight is 261 g/mol. The topological polar surface area (TPSA) is 85.0 Å². The van der Waals surface area contributed by atoms with Crippen LogP contribution < -0.4 is 10.7 Å². The number of nitrogens with one attached hydrogen (secondary N) is 2. The van der Waals surface area contributed by atoms with Crippen molar-refractivity contribution in [2.75, 3.05) is 12.1 Å². The summed E-state index contributed by atoms with van der Waals surface area (Å²) in [5.74, 6) is 1.03. The van der Waals surface area contributed by atoms with Crippen molar-refractivity contribution in [1.82, 2.24) is 20.2 Å². The molecule has 0 saturated carbocycles. The van der Waals surface area contributed by atoms with Crippen LogP contribution in [0.2, 0.25) is 0 Å². The molecule has 0 radical (unpaired) electrons. The smallest absolute Gasteiger partial charge is 0.271 e. The number of amides is 1. The van der Waals surface area contributed by atoms with E-state index >= 15 is 0 Å². The Bertz CT molecular complexity index is 641. The minimum atomic E-state index is -0.0927. The fourth-order valence-electron chi connectivity index (χ4n) is 2.33. The number of carbonyl (C=O) groups is 1. The number of aryl methyl sites for hydroxylation is 1.